The van der Waals surface area contributed by atoms with Gasteiger partial charge in [0.25, 0.3) is 0 Å². The Morgan fingerprint density at radius 2 is 1.87 bits per heavy atom. The van der Waals surface area contributed by atoms with Crippen LogP contribution in [0.25, 0.3) is 0 Å². The Morgan fingerprint density at radius 3 is 2.53 bits per heavy atom. The van der Waals surface area contributed by atoms with E-state index >= 15 is 0 Å². The van der Waals surface area contributed by atoms with Crippen LogP contribution in [-0.4, -0.2) is 0 Å². The van der Waals surface area contributed by atoms with Crippen molar-refractivity contribution in [2.24, 2.45) is 23.7 Å². The van der Waals surface area contributed by atoms with Crippen LogP contribution in [0.4, 0.5) is 0 Å². The van der Waals surface area contributed by atoms with Gasteiger partial charge >= 0.3 is 0 Å². The van der Waals surface area contributed by atoms with Crippen LogP contribution in [0.15, 0.2) is 35.5 Å². The summed E-state index contributed by atoms with van der Waals surface area (Å²) in [7, 11) is 0. The van der Waals surface area contributed by atoms with Crippen LogP contribution < -0.4 is 0 Å². The summed E-state index contributed by atoms with van der Waals surface area (Å²) >= 11 is 0. The third kappa shape index (κ3) is 1.14. The molecule has 4 aliphatic carbocycles. The molecule has 0 nitrogen and oxygen atoms in total. The highest BCUT2D eigenvalue weighted by Crippen LogP contribution is 2.66. The second-order valence-electron chi connectivity index (χ2n) is 5.67. The standard InChI is InChI=1S/C15H18/c1-2-4-10(5-3-1)8-13-14-11-6-7-12(9-11)15(13)14/h4,6-8,11-12,14-15H,1-3,5,9H2/t11-,12+,14-,15+. The van der Waals surface area contributed by atoms with Crippen molar-refractivity contribution in [3.05, 3.63) is 35.5 Å². The molecule has 78 valence electrons. The van der Waals surface area contributed by atoms with Gasteiger partial charge in [0.1, 0.15) is 0 Å². The molecule has 2 saturated carbocycles. The van der Waals surface area contributed by atoms with Gasteiger partial charge < -0.3 is 0 Å². The van der Waals surface area contributed by atoms with Gasteiger partial charge in [-0.2, -0.15) is 0 Å². The van der Waals surface area contributed by atoms with Crippen LogP contribution in [0.3, 0.4) is 0 Å². The molecule has 0 heteroatoms. The summed E-state index contributed by atoms with van der Waals surface area (Å²) in [5.41, 5.74) is 3.44. The van der Waals surface area contributed by atoms with Crippen LogP contribution in [0.5, 0.6) is 0 Å². The van der Waals surface area contributed by atoms with Crippen LogP contribution in [0.2, 0.25) is 0 Å². The van der Waals surface area contributed by atoms with E-state index in [2.05, 4.69) is 24.3 Å². The lowest BCUT2D eigenvalue weighted by molar-refractivity contribution is 0.615. The van der Waals surface area contributed by atoms with Gasteiger partial charge in [-0.05, 0) is 55.8 Å². The monoisotopic (exact) mass is 198 g/mol. The molecule has 0 spiro atoms. The molecule has 0 unspecified atom stereocenters. The Bertz CT molecular complexity index is 363. The first-order valence-electron chi connectivity index (χ1n) is 6.52. The summed E-state index contributed by atoms with van der Waals surface area (Å²) in [5, 5.41) is 0. The predicted octanol–water partition coefficient (Wildman–Crippen LogP) is 3.87. The summed E-state index contributed by atoms with van der Waals surface area (Å²) in [5.74, 6) is 3.80. The first-order chi connectivity index (χ1) is 7.43. The molecule has 0 aliphatic heterocycles. The summed E-state index contributed by atoms with van der Waals surface area (Å²) in [6.07, 6.45) is 16.9. The van der Waals surface area contributed by atoms with Crippen LogP contribution in [0.1, 0.15) is 32.1 Å². The van der Waals surface area contributed by atoms with E-state index in [4.69, 9.17) is 0 Å². The molecule has 0 amide bonds. The van der Waals surface area contributed by atoms with E-state index in [1.807, 2.05) is 0 Å². The fourth-order valence-corrected chi connectivity index (χ4v) is 4.04. The molecule has 0 N–H and O–H groups in total. The third-order valence-corrected chi connectivity index (χ3v) is 4.80. The van der Waals surface area contributed by atoms with Crippen LogP contribution in [-0.2, 0) is 0 Å². The second-order valence-corrected chi connectivity index (χ2v) is 5.67. The molecular weight excluding hydrogens is 180 g/mol. The van der Waals surface area contributed by atoms with E-state index in [-0.39, 0.29) is 0 Å². The maximum Gasteiger partial charge on any atom is -0.00621 e. The molecular formula is C15H18. The minimum atomic E-state index is 0.926. The van der Waals surface area contributed by atoms with Gasteiger partial charge in [0.15, 0.2) is 0 Å². The van der Waals surface area contributed by atoms with E-state index < -0.39 is 0 Å². The number of hydrogen-bond donors (Lipinski definition) is 0. The van der Waals surface area contributed by atoms with Gasteiger partial charge in [-0.1, -0.05) is 35.5 Å². The second kappa shape index (κ2) is 2.87. The largest absolute Gasteiger partial charge is 0.0845 e. The first kappa shape index (κ1) is 8.38. The lowest BCUT2D eigenvalue weighted by atomic mass is 9.97. The van der Waals surface area contributed by atoms with E-state index in [0.29, 0.717) is 0 Å². The van der Waals surface area contributed by atoms with Crippen molar-refractivity contribution in [2.45, 2.75) is 32.1 Å². The van der Waals surface area contributed by atoms with Gasteiger partial charge in [0.2, 0.25) is 0 Å². The Balaban J connectivity index is 1.57. The Morgan fingerprint density at radius 1 is 1.07 bits per heavy atom. The summed E-state index contributed by atoms with van der Waals surface area (Å²) in [6.45, 7) is 0. The minimum absolute atomic E-state index is 0.926. The molecule has 0 heterocycles. The molecule has 0 aromatic carbocycles. The summed E-state index contributed by atoms with van der Waals surface area (Å²) in [6, 6.07) is 0. The van der Waals surface area contributed by atoms with Crippen molar-refractivity contribution >= 4 is 0 Å². The first-order valence-corrected chi connectivity index (χ1v) is 6.52. The van der Waals surface area contributed by atoms with Gasteiger partial charge in [-0.15, -0.1) is 0 Å². The lowest BCUT2D eigenvalue weighted by Gasteiger charge is -2.09. The molecule has 4 atom stereocenters. The molecule has 0 radical (unpaired) electrons. The van der Waals surface area contributed by atoms with Gasteiger partial charge in [-0.3, -0.25) is 0 Å². The van der Waals surface area contributed by atoms with Crippen LogP contribution >= 0.6 is 0 Å². The third-order valence-electron chi connectivity index (χ3n) is 4.80. The van der Waals surface area contributed by atoms with E-state index in [1.165, 1.54) is 32.1 Å². The molecule has 4 aliphatic rings. The van der Waals surface area contributed by atoms with E-state index in [0.717, 1.165) is 23.7 Å². The molecule has 2 fully saturated rings. The molecule has 4 rings (SSSR count). The number of fused-ring (bicyclic) bond motifs is 5. The SMILES string of the molecule is C1=C[C@H]2C[C@@H]1[C@@H]1C(=CC3=CCCCC3)[C@@H]12. The Kier molecular flexibility index (Phi) is 1.60. The summed E-state index contributed by atoms with van der Waals surface area (Å²) < 4.78 is 0. The normalized spacial score (nSPS) is 48.3. The average Bonchev–Trinajstić information content (AvgIpc) is 2.71. The maximum absolute atomic E-state index is 2.56. The molecule has 0 saturated heterocycles. The zero-order chi connectivity index (χ0) is 9.83. The van der Waals surface area contributed by atoms with Crippen molar-refractivity contribution < 1.29 is 0 Å². The number of rotatable bonds is 1. The van der Waals surface area contributed by atoms with Crippen molar-refractivity contribution in [3.63, 3.8) is 0 Å². The quantitative estimate of drug-likeness (QED) is 0.561. The van der Waals surface area contributed by atoms with Gasteiger partial charge in [0.05, 0.1) is 0 Å². The maximum atomic E-state index is 2.56. The lowest BCUT2D eigenvalue weighted by Crippen LogP contribution is -1.93. The highest BCUT2D eigenvalue weighted by atomic mass is 14.6. The van der Waals surface area contributed by atoms with Gasteiger partial charge in [0, 0.05) is 0 Å². The highest BCUT2D eigenvalue weighted by molar-refractivity contribution is 5.45. The number of allylic oxidation sites excluding steroid dienone is 6. The Hall–Kier alpha value is -0.780. The van der Waals surface area contributed by atoms with Crippen molar-refractivity contribution in [1.82, 2.24) is 0 Å². The highest BCUT2D eigenvalue weighted by Gasteiger charge is 2.59. The zero-order valence-electron chi connectivity index (χ0n) is 9.15. The minimum Gasteiger partial charge on any atom is -0.0845 e. The van der Waals surface area contributed by atoms with E-state index in [1.54, 1.807) is 11.1 Å². The average molecular weight is 198 g/mol. The molecule has 0 aromatic rings. The van der Waals surface area contributed by atoms with Crippen LogP contribution in [0, 0.1) is 23.7 Å². The fraction of sp³-hybridized carbons (Fsp3) is 0.600. The zero-order valence-corrected chi connectivity index (χ0v) is 9.15. The predicted molar refractivity (Wildman–Crippen MR) is 62.4 cm³/mol. The Labute approximate surface area is 91.8 Å². The molecule has 2 bridgehead atoms. The van der Waals surface area contributed by atoms with Crippen molar-refractivity contribution in [3.8, 4) is 0 Å². The van der Waals surface area contributed by atoms with Crippen molar-refractivity contribution in [1.29, 1.82) is 0 Å². The van der Waals surface area contributed by atoms with E-state index in [9.17, 15) is 0 Å². The van der Waals surface area contributed by atoms with Gasteiger partial charge in [-0.25, -0.2) is 0 Å². The molecule has 15 heavy (non-hydrogen) atoms. The topological polar surface area (TPSA) is 0 Å². The smallest absolute Gasteiger partial charge is 0.00621 e. The summed E-state index contributed by atoms with van der Waals surface area (Å²) in [4.78, 5) is 0. The number of hydrogen-bond acceptors (Lipinski definition) is 0. The van der Waals surface area contributed by atoms with Crippen molar-refractivity contribution in [2.75, 3.05) is 0 Å². The molecule has 0 aromatic heterocycles. The fourth-order valence-electron chi connectivity index (χ4n) is 4.04.